The van der Waals surface area contributed by atoms with Crippen LogP contribution in [0.2, 0.25) is 0 Å². The summed E-state index contributed by atoms with van der Waals surface area (Å²) < 4.78 is 52.4. The van der Waals surface area contributed by atoms with Gasteiger partial charge >= 0.3 is 6.18 Å². The van der Waals surface area contributed by atoms with Gasteiger partial charge in [0.05, 0.1) is 5.56 Å². The SMILES string of the molecule is Fc1ccc(CNc2cccc(I)c2)c(C(F)(F)F)c1. The van der Waals surface area contributed by atoms with Gasteiger partial charge in [-0.2, -0.15) is 13.2 Å². The van der Waals surface area contributed by atoms with Crippen LogP contribution < -0.4 is 5.32 Å². The smallest absolute Gasteiger partial charge is 0.381 e. The van der Waals surface area contributed by atoms with Crippen molar-refractivity contribution < 1.29 is 17.6 Å². The fourth-order valence-corrected chi connectivity index (χ4v) is 2.31. The summed E-state index contributed by atoms with van der Waals surface area (Å²) in [4.78, 5) is 0. The van der Waals surface area contributed by atoms with Crippen LogP contribution in [0, 0.1) is 9.39 Å². The Morgan fingerprint density at radius 3 is 2.45 bits per heavy atom. The predicted molar refractivity (Wildman–Crippen MR) is 77.9 cm³/mol. The van der Waals surface area contributed by atoms with Crippen molar-refractivity contribution in [2.75, 3.05) is 5.32 Å². The molecule has 0 heterocycles. The maximum Gasteiger partial charge on any atom is 0.416 e. The van der Waals surface area contributed by atoms with Crippen LogP contribution in [0.4, 0.5) is 23.2 Å². The summed E-state index contributed by atoms with van der Waals surface area (Å²) >= 11 is 2.11. The maximum atomic E-state index is 13.0. The second-order valence-corrected chi connectivity index (χ2v) is 5.41. The Kier molecular flexibility index (Phi) is 4.52. The number of rotatable bonds is 3. The molecule has 1 nitrogen and oxygen atoms in total. The molecule has 0 atom stereocenters. The third-order valence-electron chi connectivity index (χ3n) is 2.68. The molecule has 0 bridgehead atoms. The van der Waals surface area contributed by atoms with E-state index < -0.39 is 17.6 Å². The van der Waals surface area contributed by atoms with Crippen molar-refractivity contribution in [2.45, 2.75) is 12.7 Å². The van der Waals surface area contributed by atoms with Crippen molar-refractivity contribution >= 4 is 28.3 Å². The summed E-state index contributed by atoms with van der Waals surface area (Å²) in [5.74, 6) is -0.893. The minimum Gasteiger partial charge on any atom is -0.381 e. The van der Waals surface area contributed by atoms with Crippen LogP contribution in [-0.2, 0) is 12.7 Å². The van der Waals surface area contributed by atoms with E-state index >= 15 is 0 Å². The normalized spacial score (nSPS) is 11.4. The van der Waals surface area contributed by atoms with E-state index in [2.05, 4.69) is 27.9 Å². The molecule has 0 aliphatic heterocycles. The maximum absolute atomic E-state index is 13.0. The van der Waals surface area contributed by atoms with E-state index in [1.807, 2.05) is 12.1 Å². The minimum atomic E-state index is -4.57. The van der Waals surface area contributed by atoms with Crippen molar-refractivity contribution in [3.63, 3.8) is 0 Å². The Hall–Kier alpha value is -1.31. The molecule has 0 amide bonds. The van der Waals surface area contributed by atoms with Crippen LogP contribution in [0.15, 0.2) is 42.5 Å². The van der Waals surface area contributed by atoms with Crippen LogP contribution in [0.5, 0.6) is 0 Å². The van der Waals surface area contributed by atoms with Gasteiger partial charge in [0.1, 0.15) is 5.82 Å². The number of anilines is 1. The molecule has 2 aromatic carbocycles. The number of alkyl halides is 3. The molecule has 6 heteroatoms. The summed E-state index contributed by atoms with van der Waals surface area (Å²) in [7, 11) is 0. The molecule has 0 aliphatic carbocycles. The molecule has 0 saturated heterocycles. The highest BCUT2D eigenvalue weighted by Gasteiger charge is 2.33. The lowest BCUT2D eigenvalue weighted by molar-refractivity contribution is -0.138. The molecule has 0 radical (unpaired) electrons. The van der Waals surface area contributed by atoms with E-state index in [1.165, 1.54) is 0 Å². The summed E-state index contributed by atoms with van der Waals surface area (Å²) in [5, 5.41) is 2.91. The van der Waals surface area contributed by atoms with Crippen LogP contribution >= 0.6 is 22.6 Å². The van der Waals surface area contributed by atoms with Crippen LogP contribution in [0.25, 0.3) is 0 Å². The first-order valence-electron chi connectivity index (χ1n) is 5.71. The van der Waals surface area contributed by atoms with Gasteiger partial charge in [0.2, 0.25) is 0 Å². The quantitative estimate of drug-likeness (QED) is 0.566. The standard InChI is InChI=1S/C14H10F4IN/c15-10-5-4-9(13(6-10)14(16,17)18)8-20-12-3-1-2-11(19)7-12/h1-7,20H,8H2. The average molecular weight is 395 g/mol. The number of hydrogen-bond donors (Lipinski definition) is 1. The van der Waals surface area contributed by atoms with Gasteiger partial charge in [-0.05, 0) is 58.5 Å². The molecule has 0 aromatic heterocycles. The first-order chi connectivity index (χ1) is 9.36. The van der Waals surface area contributed by atoms with Gasteiger partial charge < -0.3 is 5.32 Å². The average Bonchev–Trinajstić information content (AvgIpc) is 2.36. The highest BCUT2D eigenvalue weighted by molar-refractivity contribution is 14.1. The number of nitrogens with one attached hydrogen (secondary N) is 1. The van der Waals surface area contributed by atoms with Crippen molar-refractivity contribution in [1.82, 2.24) is 0 Å². The number of halogens is 5. The van der Waals surface area contributed by atoms with Gasteiger partial charge in [-0.15, -0.1) is 0 Å². The lowest BCUT2D eigenvalue weighted by Crippen LogP contribution is -2.12. The minimum absolute atomic E-state index is 0.0118. The first-order valence-corrected chi connectivity index (χ1v) is 6.79. The Bertz CT molecular complexity index is 610. The van der Waals surface area contributed by atoms with Crippen molar-refractivity contribution in [3.05, 3.63) is 63.0 Å². The lowest BCUT2D eigenvalue weighted by Gasteiger charge is -2.14. The van der Waals surface area contributed by atoms with E-state index in [-0.39, 0.29) is 12.1 Å². The third kappa shape index (κ3) is 3.84. The third-order valence-corrected chi connectivity index (χ3v) is 3.36. The second-order valence-electron chi connectivity index (χ2n) is 4.16. The zero-order chi connectivity index (χ0) is 14.8. The molecule has 20 heavy (non-hydrogen) atoms. The van der Waals surface area contributed by atoms with Gasteiger partial charge in [0.15, 0.2) is 0 Å². The molecule has 1 N–H and O–H groups in total. The van der Waals surface area contributed by atoms with E-state index in [9.17, 15) is 17.6 Å². The van der Waals surface area contributed by atoms with Crippen LogP contribution in [-0.4, -0.2) is 0 Å². The van der Waals surface area contributed by atoms with Crippen LogP contribution in [0.1, 0.15) is 11.1 Å². The Labute approximate surface area is 127 Å². The first kappa shape index (κ1) is 15.1. The summed E-state index contributed by atoms with van der Waals surface area (Å²) in [6, 6.07) is 9.96. The zero-order valence-corrected chi connectivity index (χ0v) is 12.3. The summed E-state index contributed by atoms with van der Waals surface area (Å²) in [6.45, 7) is -0.0186. The van der Waals surface area contributed by atoms with Gasteiger partial charge in [-0.1, -0.05) is 12.1 Å². The Morgan fingerprint density at radius 2 is 1.80 bits per heavy atom. The van der Waals surface area contributed by atoms with Crippen molar-refractivity contribution in [3.8, 4) is 0 Å². The largest absolute Gasteiger partial charge is 0.416 e. The van der Waals surface area contributed by atoms with Crippen LogP contribution in [0.3, 0.4) is 0 Å². The van der Waals surface area contributed by atoms with E-state index in [0.29, 0.717) is 11.8 Å². The second kappa shape index (κ2) is 5.99. The molecule has 0 aliphatic rings. The lowest BCUT2D eigenvalue weighted by atomic mass is 10.1. The number of benzene rings is 2. The van der Waals surface area contributed by atoms with Gasteiger partial charge in [0.25, 0.3) is 0 Å². The molecule has 106 valence electrons. The molecule has 2 rings (SSSR count). The molecule has 0 fully saturated rings. The molecular weight excluding hydrogens is 385 g/mol. The predicted octanol–water partition coefficient (Wildman–Crippen LogP) is 5.06. The molecular formula is C14H10F4IN. The van der Waals surface area contributed by atoms with E-state index in [1.54, 1.807) is 12.1 Å². The molecule has 2 aromatic rings. The highest BCUT2D eigenvalue weighted by Crippen LogP contribution is 2.32. The molecule has 0 saturated carbocycles. The monoisotopic (exact) mass is 395 g/mol. The summed E-state index contributed by atoms with van der Waals surface area (Å²) in [5.41, 5.74) is -0.220. The zero-order valence-electron chi connectivity index (χ0n) is 10.1. The number of hydrogen-bond acceptors (Lipinski definition) is 1. The molecule has 0 spiro atoms. The topological polar surface area (TPSA) is 12.0 Å². The van der Waals surface area contributed by atoms with Crippen molar-refractivity contribution in [2.24, 2.45) is 0 Å². The highest BCUT2D eigenvalue weighted by atomic mass is 127. The summed E-state index contributed by atoms with van der Waals surface area (Å²) in [6.07, 6.45) is -4.57. The fraction of sp³-hybridized carbons (Fsp3) is 0.143. The Morgan fingerprint density at radius 1 is 1.05 bits per heavy atom. The van der Waals surface area contributed by atoms with Gasteiger partial charge in [0, 0.05) is 15.8 Å². The molecule has 0 unspecified atom stereocenters. The van der Waals surface area contributed by atoms with Crippen molar-refractivity contribution in [1.29, 1.82) is 0 Å². The van der Waals surface area contributed by atoms with Gasteiger partial charge in [-0.3, -0.25) is 0 Å². The fourth-order valence-electron chi connectivity index (χ4n) is 1.76. The van der Waals surface area contributed by atoms with E-state index in [4.69, 9.17) is 0 Å². The Balaban J connectivity index is 2.21. The van der Waals surface area contributed by atoms with E-state index in [0.717, 1.165) is 15.7 Å². The van der Waals surface area contributed by atoms with Gasteiger partial charge in [-0.25, -0.2) is 4.39 Å².